The number of carboxylic acids is 1. The first-order valence-electron chi connectivity index (χ1n) is 12.4. The Balaban J connectivity index is 1.22. The van der Waals surface area contributed by atoms with Crippen LogP contribution in [0.5, 0.6) is 0 Å². The number of nitrogens with one attached hydrogen (secondary N) is 1. The number of aliphatic carboxylic acids is 1. The summed E-state index contributed by atoms with van der Waals surface area (Å²) in [5, 5.41) is 12.5. The van der Waals surface area contributed by atoms with Crippen LogP contribution in [0.25, 0.3) is 11.1 Å². The molecule has 2 saturated heterocycles. The molecule has 0 aromatic heterocycles. The van der Waals surface area contributed by atoms with Crippen molar-refractivity contribution in [2.75, 3.05) is 19.7 Å². The Hall–Kier alpha value is -3.35. The van der Waals surface area contributed by atoms with E-state index in [-0.39, 0.29) is 36.8 Å². The highest BCUT2D eigenvalue weighted by molar-refractivity contribution is 5.91. The molecule has 7 heteroatoms. The van der Waals surface area contributed by atoms with E-state index in [9.17, 15) is 19.5 Å². The summed E-state index contributed by atoms with van der Waals surface area (Å²) >= 11 is 0. The van der Waals surface area contributed by atoms with Crippen molar-refractivity contribution in [1.29, 1.82) is 0 Å². The number of ether oxygens (including phenoxy) is 1. The molecule has 0 radical (unpaired) electrons. The van der Waals surface area contributed by atoms with E-state index >= 15 is 0 Å². The van der Waals surface area contributed by atoms with Crippen molar-refractivity contribution in [3.63, 3.8) is 0 Å². The van der Waals surface area contributed by atoms with Crippen molar-refractivity contribution in [3.8, 4) is 11.1 Å². The van der Waals surface area contributed by atoms with Gasteiger partial charge in [0.2, 0.25) is 5.91 Å². The van der Waals surface area contributed by atoms with E-state index < -0.39 is 23.5 Å². The maximum absolute atomic E-state index is 13.4. The van der Waals surface area contributed by atoms with Gasteiger partial charge in [-0.2, -0.15) is 0 Å². The quantitative estimate of drug-likeness (QED) is 0.593. The summed E-state index contributed by atoms with van der Waals surface area (Å²) in [6, 6.07) is 16.3. The third kappa shape index (κ3) is 4.07. The second-order valence-electron chi connectivity index (χ2n) is 10.6. The summed E-state index contributed by atoms with van der Waals surface area (Å²) < 4.78 is 5.62. The highest BCUT2D eigenvalue weighted by atomic mass is 16.5. The molecule has 2 bridgehead atoms. The number of hydrogen-bond donors (Lipinski definition) is 2. The van der Waals surface area contributed by atoms with E-state index in [2.05, 4.69) is 29.6 Å². The number of rotatable bonds is 8. The zero-order valence-corrected chi connectivity index (χ0v) is 20.2. The summed E-state index contributed by atoms with van der Waals surface area (Å²) in [6.07, 6.45) is 1.07. The van der Waals surface area contributed by atoms with Crippen LogP contribution in [0.4, 0.5) is 4.79 Å². The van der Waals surface area contributed by atoms with Crippen LogP contribution in [0.15, 0.2) is 48.5 Å². The predicted molar refractivity (Wildman–Crippen MR) is 131 cm³/mol. The first-order chi connectivity index (χ1) is 16.8. The molecule has 2 N–H and O–H groups in total. The Kier molecular flexibility index (Phi) is 6.03. The minimum Gasteiger partial charge on any atom is -0.479 e. The van der Waals surface area contributed by atoms with Crippen LogP contribution in [-0.4, -0.2) is 53.2 Å². The van der Waals surface area contributed by atoms with Crippen LogP contribution in [0.3, 0.4) is 0 Å². The van der Waals surface area contributed by atoms with Crippen LogP contribution >= 0.6 is 0 Å². The largest absolute Gasteiger partial charge is 0.479 e. The highest BCUT2D eigenvalue weighted by Gasteiger charge is 2.63. The molecule has 3 fully saturated rings. The van der Waals surface area contributed by atoms with Crippen LogP contribution in [-0.2, 0) is 14.3 Å². The fraction of sp³-hybridized carbons (Fsp3) is 0.464. The van der Waals surface area contributed by atoms with E-state index in [1.54, 1.807) is 4.90 Å². The van der Waals surface area contributed by atoms with Crippen LogP contribution in [0, 0.1) is 17.8 Å². The Morgan fingerprint density at radius 1 is 1.06 bits per heavy atom. The van der Waals surface area contributed by atoms with Gasteiger partial charge in [0.15, 0.2) is 0 Å². The minimum absolute atomic E-state index is 0.0342. The summed E-state index contributed by atoms with van der Waals surface area (Å²) in [7, 11) is 0. The Morgan fingerprint density at radius 2 is 1.66 bits per heavy atom. The second-order valence-corrected chi connectivity index (χ2v) is 10.6. The number of alkyl carbamates (subject to hydrolysis) is 1. The van der Waals surface area contributed by atoms with E-state index in [4.69, 9.17) is 4.74 Å². The lowest BCUT2D eigenvalue weighted by molar-refractivity contribution is -0.160. The summed E-state index contributed by atoms with van der Waals surface area (Å²) in [4.78, 5) is 39.4. The van der Waals surface area contributed by atoms with Gasteiger partial charge in [0.1, 0.15) is 12.1 Å². The van der Waals surface area contributed by atoms with Gasteiger partial charge in [-0.25, -0.2) is 9.59 Å². The number of fused-ring (bicyclic) bond motifs is 4. The average molecular weight is 477 g/mol. The molecule has 2 amide bonds. The number of carboxylic acid groups (broad SMARTS) is 1. The summed E-state index contributed by atoms with van der Waals surface area (Å²) in [5.74, 6) is -1.12. The van der Waals surface area contributed by atoms with Gasteiger partial charge in [-0.05, 0) is 53.4 Å². The molecule has 0 spiro atoms. The van der Waals surface area contributed by atoms with Gasteiger partial charge in [-0.3, -0.25) is 4.79 Å². The van der Waals surface area contributed by atoms with Gasteiger partial charge < -0.3 is 20.1 Å². The van der Waals surface area contributed by atoms with Crippen LogP contribution < -0.4 is 5.32 Å². The lowest BCUT2D eigenvalue weighted by atomic mass is 9.73. The molecule has 6 rings (SSSR count). The van der Waals surface area contributed by atoms with Crippen molar-refractivity contribution in [2.24, 2.45) is 17.8 Å². The van der Waals surface area contributed by atoms with Gasteiger partial charge in [-0.15, -0.1) is 0 Å². The third-order valence-electron chi connectivity index (χ3n) is 7.82. The number of carbonyl (C=O) groups excluding carboxylic acids is 2. The predicted octanol–water partition coefficient (Wildman–Crippen LogP) is 4.26. The number of benzene rings is 2. The second kappa shape index (κ2) is 9.02. The van der Waals surface area contributed by atoms with Gasteiger partial charge in [0.25, 0.3) is 0 Å². The summed E-state index contributed by atoms with van der Waals surface area (Å²) in [5.41, 5.74) is 3.55. The lowest BCUT2D eigenvalue weighted by Gasteiger charge is -2.39. The Morgan fingerprint density at radius 3 is 2.23 bits per heavy atom. The highest BCUT2D eigenvalue weighted by Crippen LogP contribution is 2.51. The van der Waals surface area contributed by atoms with E-state index in [0.717, 1.165) is 22.3 Å². The van der Waals surface area contributed by atoms with E-state index in [1.165, 1.54) is 0 Å². The van der Waals surface area contributed by atoms with Crippen molar-refractivity contribution >= 4 is 18.0 Å². The molecule has 35 heavy (non-hydrogen) atoms. The van der Waals surface area contributed by atoms with Crippen molar-refractivity contribution in [2.45, 2.75) is 44.6 Å². The molecule has 1 saturated carbocycles. The molecule has 2 aromatic carbocycles. The smallest absolute Gasteiger partial charge is 0.407 e. The molecule has 2 aromatic rings. The SMILES string of the molecule is CC(C)CC(CNC(=O)OCC1c2ccccc2-c2ccccc21)C(=O)N1CC2CC1(C(=O)O)C2. The third-order valence-corrected chi connectivity index (χ3v) is 7.82. The van der Waals surface area contributed by atoms with Crippen LogP contribution in [0.2, 0.25) is 0 Å². The fourth-order valence-electron chi connectivity index (χ4n) is 6.19. The van der Waals surface area contributed by atoms with E-state index in [0.29, 0.717) is 25.8 Å². The first kappa shape index (κ1) is 23.4. The van der Waals surface area contributed by atoms with Crippen LogP contribution in [0.1, 0.15) is 50.2 Å². The van der Waals surface area contributed by atoms with Crippen molar-refractivity contribution in [1.82, 2.24) is 10.2 Å². The first-order valence-corrected chi connectivity index (χ1v) is 12.4. The molecule has 2 heterocycles. The summed E-state index contributed by atoms with van der Waals surface area (Å²) in [6.45, 7) is 4.86. The van der Waals surface area contributed by atoms with Crippen molar-refractivity contribution < 1.29 is 24.2 Å². The molecule has 1 unspecified atom stereocenters. The standard InChI is InChI=1S/C28H32N2O5/c1-17(2)11-19(25(31)30-15-18-12-28(30,13-18)26(32)33)14-29-27(34)35-16-24-22-9-5-3-7-20(22)21-8-4-6-10-23(21)24/h3-10,17-19,24H,11-16H2,1-2H3,(H,29,34)(H,32,33). The van der Waals surface area contributed by atoms with Gasteiger partial charge in [-0.1, -0.05) is 62.4 Å². The maximum atomic E-state index is 13.4. The topological polar surface area (TPSA) is 95.9 Å². The maximum Gasteiger partial charge on any atom is 0.407 e. The lowest BCUT2D eigenvalue weighted by Crippen LogP contribution is -2.56. The number of amides is 2. The minimum atomic E-state index is -1.05. The monoisotopic (exact) mass is 476 g/mol. The molecule has 4 aliphatic rings. The molecule has 184 valence electrons. The number of nitrogens with zero attached hydrogens (tertiary/aromatic N) is 1. The Labute approximate surface area is 205 Å². The van der Waals surface area contributed by atoms with E-state index in [1.807, 2.05) is 38.1 Å². The molecule has 2 aliphatic carbocycles. The number of hydrogen-bond acceptors (Lipinski definition) is 4. The molecule has 2 aliphatic heterocycles. The number of carbonyl (C=O) groups is 3. The molecular weight excluding hydrogens is 444 g/mol. The Bertz CT molecular complexity index is 1110. The van der Waals surface area contributed by atoms with Gasteiger partial charge in [0.05, 0.1) is 5.92 Å². The fourth-order valence-corrected chi connectivity index (χ4v) is 6.19. The molecule has 1 atom stereocenters. The molecule has 7 nitrogen and oxygen atoms in total. The molecular formula is C28H32N2O5. The zero-order valence-electron chi connectivity index (χ0n) is 20.2. The normalized spacial score (nSPS) is 22.8. The van der Waals surface area contributed by atoms with Gasteiger partial charge >= 0.3 is 12.1 Å². The zero-order chi connectivity index (χ0) is 24.7. The average Bonchev–Trinajstić information content (AvgIpc) is 3.48. The van der Waals surface area contributed by atoms with Crippen molar-refractivity contribution in [3.05, 3.63) is 59.7 Å². The van der Waals surface area contributed by atoms with Gasteiger partial charge in [0, 0.05) is 19.0 Å².